The van der Waals surface area contributed by atoms with Gasteiger partial charge in [-0.15, -0.1) is 6.58 Å². The maximum absolute atomic E-state index is 13.7. The highest BCUT2D eigenvalue weighted by molar-refractivity contribution is 5.93. The molecule has 0 aliphatic heterocycles. The molecule has 9 heteroatoms. The third-order valence-electron chi connectivity index (χ3n) is 5.11. The SMILES string of the molecule is C=CCN(C(=O)C(NC(=O)OC(C)(C)C)C(C)C)C(C(=O)NCC(=O)OC)c1ccc(CC)cc1. The minimum Gasteiger partial charge on any atom is -0.468 e. The Morgan fingerprint density at radius 1 is 1.11 bits per heavy atom. The Hall–Kier alpha value is -3.36. The number of methoxy groups -OCH3 is 1. The van der Waals surface area contributed by atoms with E-state index in [9.17, 15) is 19.2 Å². The number of amides is 3. The summed E-state index contributed by atoms with van der Waals surface area (Å²) < 4.78 is 9.95. The van der Waals surface area contributed by atoms with Crippen molar-refractivity contribution in [3.05, 3.63) is 48.0 Å². The van der Waals surface area contributed by atoms with E-state index < -0.39 is 41.6 Å². The van der Waals surface area contributed by atoms with Crippen LogP contribution in [0.1, 0.15) is 58.7 Å². The number of esters is 1. The summed E-state index contributed by atoms with van der Waals surface area (Å²) in [5.74, 6) is -1.96. The Morgan fingerprint density at radius 3 is 2.17 bits per heavy atom. The van der Waals surface area contributed by atoms with Crippen LogP contribution in [0, 0.1) is 5.92 Å². The number of rotatable bonds is 11. The van der Waals surface area contributed by atoms with Crippen LogP contribution in [-0.4, -0.2) is 60.6 Å². The lowest BCUT2D eigenvalue weighted by Crippen LogP contribution is -2.55. The standard InChI is InChI=1S/C26H39N3O6/c1-9-15-29(24(32)21(17(3)4)28-25(33)35-26(5,6)7)22(23(31)27-16-20(30)34-8)19-13-11-18(10-2)12-14-19/h9,11-14,17,21-22H,1,10,15-16H2,2-8H3,(H,27,31)(H,28,33). The summed E-state index contributed by atoms with van der Waals surface area (Å²) in [5.41, 5.74) is 0.877. The average Bonchev–Trinajstić information content (AvgIpc) is 2.79. The molecule has 9 nitrogen and oxygen atoms in total. The summed E-state index contributed by atoms with van der Waals surface area (Å²) in [6, 6.07) is 5.27. The maximum atomic E-state index is 13.7. The molecule has 0 radical (unpaired) electrons. The van der Waals surface area contributed by atoms with Crippen LogP contribution >= 0.6 is 0 Å². The Bertz CT molecular complexity index is 889. The highest BCUT2D eigenvalue weighted by Gasteiger charge is 2.37. The largest absolute Gasteiger partial charge is 0.468 e. The van der Waals surface area contributed by atoms with Crippen molar-refractivity contribution in [3.8, 4) is 0 Å². The highest BCUT2D eigenvalue weighted by atomic mass is 16.6. The van der Waals surface area contributed by atoms with E-state index in [2.05, 4.69) is 21.9 Å². The van der Waals surface area contributed by atoms with Crippen molar-refractivity contribution in [1.82, 2.24) is 15.5 Å². The summed E-state index contributed by atoms with van der Waals surface area (Å²) in [7, 11) is 1.22. The smallest absolute Gasteiger partial charge is 0.408 e. The van der Waals surface area contributed by atoms with Crippen molar-refractivity contribution in [1.29, 1.82) is 0 Å². The third-order valence-corrected chi connectivity index (χ3v) is 5.11. The van der Waals surface area contributed by atoms with Gasteiger partial charge in [0.25, 0.3) is 0 Å². The number of ether oxygens (including phenoxy) is 2. The van der Waals surface area contributed by atoms with E-state index in [0.29, 0.717) is 5.56 Å². The average molecular weight is 490 g/mol. The number of benzene rings is 1. The summed E-state index contributed by atoms with van der Waals surface area (Å²) in [6.07, 6.45) is 1.58. The number of alkyl carbamates (subject to hydrolysis) is 1. The first kappa shape index (κ1) is 29.7. The van der Waals surface area contributed by atoms with Gasteiger partial charge in [-0.3, -0.25) is 14.4 Å². The zero-order chi connectivity index (χ0) is 26.8. The van der Waals surface area contributed by atoms with Crippen LogP contribution in [0.15, 0.2) is 36.9 Å². The van der Waals surface area contributed by atoms with Gasteiger partial charge in [-0.25, -0.2) is 4.79 Å². The monoisotopic (exact) mass is 489 g/mol. The second-order valence-electron chi connectivity index (χ2n) is 9.44. The molecule has 0 saturated carbocycles. The summed E-state index contributed by atoms with van der Waals surface area (Å²) in [4.78, 5) is 52.5. The Morgan fingerprint density at radius 2 is 1.71 bits per heavy atom. The molecule has 0 bridgehead atoms. The summed E-state index contributed by atoms with van der Waals surface area (Å²) in [6.45, 7) is 14.2. The number of nitrogens with zero attached hydrogens (tertiary/aromatic N) is 1. The van der Waals surface area contributed by atoms with Crippen LogP contribution < -0.4 is 10.6 Å². The summed E-state index contributed by atoms with van der Waals surface area (Å²) in [5, 5.41) is 5.18. The predicted octanol–water partition coefficient (Wildman–Crippen LogP) is 3.14. The van der Waals surface area contributed by atoms with Gasteiger partial charge in [0, 0.05) is 6.54 Å². The van der Waals surface area contributed by atoms with Gasteiger partial charge in [-0.1, -0.05) is 51.1 Å². The van der Waals surface area contributed by atoms with Crippen molar-refractivity contribution < 1.29 is 28.7 Å². The van der Waals surface area contributed by atoms with Gasteiger partial charge in [-0.2, -0.15) is 0 Å². The van der Waals surface area contributed by atoms with E-state index in [1.165, 1.54) is 18.1 Å². The van der Waals surface area contributed by atoms with Crippen LogP contribution in [0.25, 0.3) is 0 Å². The minimum atomic E-state index is -1.07. The number of hydrogen-bond donors (Lipinski definition) is 2. The van der Waals surface area contributed by atoms with Gasteiger partial charge in [0.2, 0.25) is 11.8 Å². The molecule has 2 atom stereocenters. The van der Waals surface area contributed by atoms with Gasteiger partial charge in [0.15, 0.2) is 0 Å². The molecule has 0 aliphatic carbocycles. The van der Waals surface area contributed by atoms with Gasteiger partial charge in [0.05, 0.1) is 7.11 Å². The molecule has 35 heavy (non-hydrogen) atoms. The fourth-order valence-electron chi connectivity index (χ4n) is 3.33. The van der Waals surface area contributed by atoms with E-state index in [4.69, 9.17) is 4.74 Å². The molecule has 1 rings (SSSR count). The van der Waals surface area contributed by atoms with Crippen LogP contribution in [-0.2, 0) is 30.3 Å². The van der Waals surface area contributed by atoms with Crippen molar-refractivity contribution in [2.24, 2.45) is 5.92 Å². The number of carbonyl (C=O) groups excluding carboxylic acids is 4. The van der Waals surface area contributed by atoms with Gasteiger partial charge in [0.1, 0.15) is 24.2 Å². The van der Waals surface area contributed by atoms with Crippen LogP contribution in [0.2, 0.25) is 0 Å². The Kier molecular flexibility index (Phi) is 11.5. The fourth-order valence-corrected chi connectivity index (χ4v) is 3.33. The Labute approximate surface area is 208 Å². The van der Waals surface area contributed by atoms with E-state index >= 15 is 0 Å². The molecule has 2 unspecified atom stereocenters. The lowest BCUT2D eigenvalue weighted by molar-refractivity contribution is -0.144. The molecule has 0 fully saturated rings. The number of aryl methyl sites for hydroxylation is 1. The van der Waals surface area contributed by atoms with E-state index in [1.54, 1.807) is 46.8 Å². The summed E-state index contributed by atoms with van der Waals surface area (Å²) >= 11 is 0. The third kappa shape index (κ3) is 9.42. The number of carbonyl (C=O) groups is 4. The van der Waals surface area contributed by atoms with Crippen molar-refractivity contribution in [3.63, 3.8) is 0 Å². The molecule has 0 heterocycles. The van der Waals surface area contributed by atoms with Gasteiger partial charge in [-0.05, 0) is 44.2 Å². The van der Waals surface area contributed by atoms with Gasteiger partial charge >= 0.3 is 12.1 Å². The molecule has 0 aliphatic rings. The fraction of sp³-hybridized carbons (Fsp3) is 0.538. The first-order valence-electron chi connectivity index (χ1n) is 11.7. The van der Waals surface area contributed by atoms with Crippen LogP contribution in [0.5, 0.6) is 0 Å². The van der Waals surface area contributed by atoms with Crippen molar-refractivity contribution >= 4 is 23.9 Å². The molecule has 2 N–H and O–H groups in total. The van der Waals surface area contributed by atoms with Crippen molar-refractivity contribution in [2.75, 3.05) is 20.2 Å². The van der Waals surface area contributed by atoms with Crippen LogP contribution in [0.4, 0.5) is 4.79 Å². The van der Waals surface area contributed by atoms with Crippen LogP contribution in [0.3, 0.4) is 0 Å². The van der Waals surface area contributed by atoms with Crippen molar-refractivity contribution in [2.45, 2.75) is 65.6 Å². The van der Waals surface area contributed by atoms with Gasteiger partial charge < -0.3 is 25.0 Å². The maximum Gasteiger partial charge on any atom is 0.408 e. The molecule has 1 aromatic rings. The van der Waals surface area contributed by atoms with E-state index in [1.807, 2.05) is 19.1 Å². The molecule has 0 saturated heterocycles. The molecule has 0 spiro atoms. The topological polar surface area (TPSA) is 114 Å². The van der Waals surface area contributed by atoms with E-state index in [0.717, 1.165) is 12.0 Å². The molecular weight excluding hydrogens is 450 g/mol. The predicted molar refractivity (Wildman–Crippen MR) is 133 cm³/mol. The lowest BCUT2D eigenvalue weighted by atomic mass is 9.98. The highest BCUT2D eigenvalue weighted by Crippen LogP contribution is 2.24. The second-order valence-corrected chi connectivity index (χ2v) is 9.44. The molecule has 0 aromatic heterocycles. The van der Waals surface area contributed by atoms with E-state index in [-0.39, 0.29) is 19.0 Å². The second kappa shape index (κ2) is 13.5. The Balaban J connectivity index is 3.40. The lowest BCUT2D eigenvalue weighted by Gasteiger charge is -2.35. The minimum absolute atomic E-state index is 0.0316. The number of nitrogens with one attached hydrogen (secondary N) is 2. The zero-order valence-corrected chi connectivity index (χ0v) is 21.8. The number of hydrogen-bond acceptors (Lipinski definition) is 6. The molecule has 194 valence electrons. The quantitative estimate of drug-likeness (QED) is 0.365. The molecular formula is C26H39N3O6. The first-order chi connectivity index (χ1) is 16.3. The molecule has 1 aromatic carbocycles. The normalized spacial score (nSPS) is 12.8. The zero-order valence-electron chi connectivity index (χ0n) is 21.8. The first-order valence-corrected chi connectivity index (χ1v) is 11.7. The molecule has 3 amide bonds.